The predicted molar refractivity (Wildman–Crippen MR) is 129 cm³/mol. The number of rotatable bonds is 6. The molecular formula is C24H22Cl3FN2O. The van der Waals surface area contributed by atoms with Crippen molar-refractivity contribution in [1.29, 1.82) is 0 Å². The van der Waals surface area contributed by atoms with E-state index < -0.39 is 12.1 Å². The summed E-state index contributed by atoms with van der Waals surface area (Å²) in [7, 11) is 1.78. The Labute approximate surface area is 196 Å². The third-order valence-corrected chi connectivity index (χ3v) is 5.78. The minimum absolute atomic E-state index is 0. The summed E-state index contributed by atoms with van der Waals surface area (Å²) < 4.78 is 16.0. The SMILES string of the molecule is CNC[C@@H](O)[C@H](c1cccc(F)c1)n1cc(-c2ccc(Cl)cc2Cl)c2ccccc21.Cl. The second-order valence-corrected chi connectivity index (χ2v) is 8.06. The lowest BCUT2D eigenvalue weighted by molar-refractivity contribution is 0.132. The molecule has 7 heteroatoms. The van der Waals surface area contributed by atoms with Gasteiger partial charge in [0.15, 0.2) is 0 Å². The van der Waals surface area contributed by atoms with Crippen LogP contribution in [0.25, 0.3) is 22.0 Å². The first-order valence-electron chi connectivity index (χ1n) is 9.62. The topological polar surface area (TPSA) is 37.2 Å². The molecule has 0 unspecified atom stereocenters. The molecule has 3 nitrogen and oxygen atoms in total. The molecule has 0 spiro atoms. The fourth-order valence-corrected chi connectivity index (χ4v) is 4.45. The highest BCUT2D eigenvalue weighted by Gasteiger charge is 2.26. The van der Waals surface area contributed by atoms with Gasteiger partial charge >= 0.3 is 0 Å². The molecule has 2 N–H and O–H groups in total. The number of para-hydroxylation sites is 1. The Bertz CT molecular complexity index is 1190. The van der Waals surface area contributed by atoms with E-state index in [9.17, 15) is 9.50 Å². The average Bonchev–Trinajstić information content (AvgIpc) is 3.08. The molecule has 0 amide bonds. The fourth-order valence-electron chi connectivity index (χ4n) is 3.94. The third-order valence-electron chi connectivity index (χ3n) is 5.23. The molecule has 0 aliphatic carbocycles. The van der Waals surface area contributed by atoms with Crippen LogP contribution >= 0.6 is 35.6 Å². The van der Waals surface area contributed by atoms with Crippen LogP contribution in [-0.2, 0) is 0 Å². The minimum Gasteiger partial charge on any atom is -0.389 e. The highest BCUT2D eigenvalue weighted by molar-refractivity contribution is 6.36. The number of hydrogen-bond acceptors (Lipinski definition) is 2. The first kappa shape index (κ1) is 23.6. The van der Waals surface area contributed by atoms with Crippen molar-refractivity contribution >= 4 is 46.5 Å². The Morgan fingerprint density at radius 1 is 1.00 bits per heavy atom. The average molecular weight is 480 g/mol. The molecule has 1 aromatic heterocycles. The van der Waals surface area contributed by atoms with E-state index in [0.717, 1.165) is 22.0 Å². The maximum Gasteiger partial charge on any atom is 0.123 e. The molecule has 1 heterocycles. The van der Waals surface area contributed by atoms with Crippen LogP contribution in [0.15, 0.2) is 72.9 Å². The van der Waals surface area contributed by atoms with Crippen molar-refractivity contribution in [1.82, 2.24) is 9.88 Å². The van der Waals surface area contributed by atoms with Crippen LogP contribution < -0.4 is 5.32 Å². The van der Waals surface area contributed by atoms with Crippen molar-refractivity contribution < 1.29 is 9.50 Å². The van der Waals surface area contributed by atoms with Gasteiger partial charge in [-0.25, -0.2) is 4.39 Å². The smallest absolute Gasteiger partial charge is 0.123 e. The zero-order chi connectivity index (χ0) is 21.3. The maximum atomic E-state index is 14.0. The lowest BCUT2D eigenvalue weighted by atomic mass is 10.0. The zero-order valence-electron chi connectivity index (χ0n) is 16.7. The molecule has 162 valence electrons. The second-order valence-electron chi connectivity index (χ2n) is 7.22. The number of nitrogens with one attached hydrogen (secondary N) is 1. The fraction of sp³-hybridized carbons (Fsp3) is 0.167. The van der Waals surface area contributed by atoms with E-state index in [1.54, 1.807) is 25.2 Å². The third kappa shape index (κ3) is 4.74. The van der Waals surface area contributed by atoms with E-state index in [1.807, 2.05) is 47.2 Å². The van der Waals surface area contributed by atoms with Gasteiger partial charge in [-0.15, -0.1) is 12.4 Å². The highest BCUT2D eigenvalue weighted by Crippen LogP contribution is 2.39. The molecule has 0 saturated heterocycles. The quantitative estimate of drug-likeness (QED) is 0.338. The van der Waals surface area contributed by atoms with E-state index in [4.69, 9.17) is 23.2 Å². The largest absolute Gasteiger partial charge is 0.389 e. The lowest BCUT2D eigenvalue weighted by Crippen LogP contribution is -2.33. The lowest BCUT2D eigenvalue weighted by Gasteiger charge is -2.26. The Balaban J connectivity index is 0.00000272. The summed E-state index contributed by atoms with van der Waals surface area (Å²) in [5, 5.41) is 16.1. The first-order chi connectivity index (χ1) is 14.5. The molecule has 3 aromatic carbocycles. The van der Waals surface area contributed by atoms with Crippen molar-refractivity contribution in [2.45, 2.75) is 12.1 Å². The Hall–Kier alpha value is -2.08. The molecule has 0 saturated carbocycles. The molecule has 0 fully saturated rings. The van der Waals surface area contributed by atoms with Gasteiger partial charge in [0.1, 0.15) is 5.82 Å². The van der Waals surface area contributed by atoms with Crippen LogP contribution in [0.2, 0.25) is 10.0 Å². The maximum absolute atomic E-state index is 14.0. The Morgan fingerprint density at radius 2 is 1.77 bits per heavy atom. The Kier molecular flexibility index (Phi) is 7.63. The van der Waals surface area contributed by atoms with Crippen molar-refractivity contribution in [3.05, 3.63) is 94.4 Å². The number of hydrogen-bond donors (Lipinski definition) is 2. The molecule has 0 aliphatic heterocycles. The number of aromatic nitrogens is 1. The van der Waals surface area contributed by atoms with Gasteiger partial charge in [-0.05, 0) is 42.9 Å². The van der Waals surface area contributed by atoms with Crippen LogP contribution in [0.1, 0.15) is 11.6 Å². The van der Waals surface area contributed by atoms with Gasteiger partial charge in [-0.2, -0.15) is 0 Å². The van der Waals surface area contributed by atoms with Crippen molar-refractivity contribution in [3.8, 4) is 11.1 Å². The number of benzene rings is 3. The monoisotopic (exact) mass is 478 g/mol. The van der Waals surface area contributed by atoms with Gasteiger partial charge < -0.3 is 15.0 Å². The van der Waals surface area contributed by atoms with Crippen molar-refractivity contribution in [2.75, 3.05) is 13.6 Å². The summed E-state index contributed by atoms with van der Waals surface area (Å²) in [6, 6.07) is 19.2. The summed E-state index contributed by atoms with van der Waals surface area (Å²) in [6.45, 7) is 0.352. The highest BCUT2D eigenvalue weighted by atomic mass is 35.5. The molecule has 0 bridgehead atoms. The molecule has 0 aliphatic rings. The standard InChI is InChI=1S/C24H21Cl2FN2O.ClH/c1-28-13-23(30)24(15-5-4-6-17(27)11-15)29-14-20(19-7-2-3-8-22(19)29)18-10-9-16(25)12-21(18)26;/h2-12,14,23-24,28,30H,13H2,1H3;1H/t23-,24+;/m1./s1. The molecular weight excluding hydrogens is 458 g/mol. The van der Waals surface area contributed by atoms with Crippen molar-refractivity contribution in [3.63, 3.8) is 0 Å². The van der Waals surface area contributed by atoms with Crippen LogP contribution in [0.3, 0.4) is 0 Å². The number of halogens is 4. The minimum atomic E-state index is -0.777. The number of likely N-dealkylation sites (N-methyl/N-ethyl adjacent to an activating group) is 1. The van der Waals surface area contributed by atoms with Gasteiger partial charge in [0.2, 0.25) is 0 Å². The normalized spacial score (nSPS) is 13.1. The second kappa shape index (κ2) is 10.0. The van der Waals surface area contributed by atoms with Crippen LogP contribution in [-0.4, -0.2) is 29.4 Å². The summed E-state index contributed by atoms with van der Waals surface area (Å²) in [4.78, 5) is 0. The van der Waals surface area contributed by atoms with E-state index in [0.29, 0.717) is 22.2 Å². The van der Waals surface area contributed by atoms with Gasteiger partial charge in [0, 0.05) is 44.8 Å². The van der Waals surface area contributed by atoms with E-state index >= 15 is 0 Å². The molecule has 0 radical (unpaired) electrons. The van der Waals surface area contributed by atoms with Gasteiger partial charge in [-0.3, -0.25) is 0 Å². The van der Waals surface area contributed by atoms with Gasteiger partial charge in [-0.1, -0.05) is 59.6 Å². The number of fused-ring (bicyclic) bond motifs is 1. The molecule has 4 rings (SSSR count). The molecule has 4 aromatic rings. The summed E-state index contributed by atoms with van der Waals surface area (Å²) in [5.41, 5.74) is 3.37. The van der Waals surface area contributed by atoms with Crippen LogP contribution in [0.4, 0.5) is 4.39 Å². The summed E-state index contributed by atoms with van der Waals surface area (Å²) in [6.07, 6.45) is 1.19. The summed E-state index contributed by atoms with van der Waals surface area (Å²) >= 11 is 12.6. The zero-order valence-corrected chi connectivity index (χ0v) is 19.1. The molecule has 2 atom stereocenters. The van der Waals surface area contributed by atoms with Crippen LogP contribution in [0, 0.1) is 5.82 Å². The van der Waals surface area contributed by atoms with Crippen molar-refractivity contribution in [2.24, 2.45) is 0 Å². The number of aliphatic hydroxyl groups excluding tert-OH is 1. The van der Waals surface area contributed by atoms with Gasteiger partial charge in [0.05, 0.1) is 12.1 Å². The van der Waals surface area contributed by atoms with Crippen LogP contribution in [0.5, 0.6) is 0 Å². The first-order valence-corrected chi connectivity index (χ1v) is 10.4. The number of aliphatic hydroxyl groups is 1. The summed E-state index contributed by atoms with van der Waals surface area (Å²) in [5.74, 6) is -0.341. The van der Waals surface area contributed by atoms with E-state index in [1.165, 1.54) is 12.1 Å². The number of nitrogens with zero attached hydrogens (tertiary/aromatic N) is 1. The molecule has 31 heavy (non-hydrogen) atoms. The Morgan fingerprint density at radius 3 is 2.48 bits per heavy atom. The van der Waals surface area contributed by atoms with Gasteiger partial charge in [0.25, 0.3) is 0 Å². The van der Waals surface area contributed by atoms with E-state index in [2.05, 4.69) is 5.32 Å². The van der Waals surface area contributed by atoms with E-state index in [-0.39, 0.29) is 18.2 Å². The predicted octanol–water partition coefficient (Wildman–Crippen LogP) is 6.35.